The van der Waals surface area contributed by atoms with E-state index in [1.165, 1.54) is 0 Å². The number of benzene rings is 2. The molecule has 5 atom stereocenters. The van der Waals surface area contributed by atoms with Crippen LogP contribution in [0.4, 0.5) is 5.69 Å². The van der Waals surface area contributed by atoms with Crippen LogP contribution in [0.25, 0.3) is 0 Å². The van der Waals surface area contributed by atoms with Gasteiger partial charge in [0.15, 0.2) is 0 Å². The number of nitrogens with zero attached hydrogens (tertiary/aromatic N) is 1. The molecule has 9 heteroatoms. The summed E-state index contributed by atoms with van der Waals surface area (Å²) in [5, 5.41) is 15.7. The van der Waals surface area contributed by atoms with Gasteiger partial charge in [0.25, 0.3) is 0 Å². The molecular weight excluding hydrogens is 530 g/mol. The first kappa shape index (κ1) is 28.6. The number of aliphatic hydroxyl groups is 1. The van der Waals surface area contributed by atoms with Crippen molar-refractivity contribution in [3.63, 3.8) is 0 Å². The van der Waals surface area contributed by atoms with Crippen LogP contribution in [0.3, 0.4) is 0 Å². The van der Waals surface area contributed by atoms with Crippen molar-refractivity contribution < 1.29 is 24.2 Å². The van der Waals surface area contributed by atoms with Gasteiger partial charge in [-0.25, -0.2) is 0 Å². The van der Waals surface area contributed by atoms with Crippen molar-refractivity contribution in [3.05, 3.63) is 65.2 Å². The third kappa shape index (κ3) is 5.13. The minimum Gasteiger partial charge on any atom is -0.396 e. The van der Waals surface area contributed by atoms with E-state index in [1.54, 1.807) is 29.2 Å². The van der Waals surface area contributed by atoms with Gasteiger partial charge in [-0.15, -0.1) is 0 Å². The van der Waals surface area contributed by atoms with Crippen LogP contribution >= 0.6 is 11.6 Å². The molecular formula is C31H38ClN3O5. The summed E-state index contributed by atoms with van der Waals surface area (Å²) in [7, 11) is 0. The van der Waals surface area contributed by atoms with E-state index in [4.69, 9.17) is 21.4 Å². The lowest BCUT2D eigenvalue weighted by Gasteiger charge is -2.34. The molecule has 2 unspecified atom stereocenters. The van der Waals surface area contributed by atoms with Crippen LogP contribution in [0, 0.1) is 11.8 Å². The minimum atomic E-state index is -1.07. The van der Waals surface area contributed by atoms with Gasteiger partial charge in [0.2, 0.25) is 17.7 Å². The summed E-state index contributed by atoms with van der Waals surface area (Å²) in [4.78, 5) is 43.6. The second-order valence-electron chi connectivity index (χ2n) is 11.2. The fraction of sp³-hybridized carbons (Fsp3) is 0.516. The molecule has 40 heavy (non-hydrogen) atoms. The van der Waals surface area contributed by atoms with Gasteiger partial charge in [-0.2, -0.15) is 0 Å². The van der Waals surface area contributed by atoms with Gasteiger partial charge < -0.3 is 25.4 Å². The fourth-order valence-corrected chi connectivity index (χ4v) is 7.17. The number of nitrogens with one attached hydrogen (secondary N) is 2. The predicted octanol–water partition coefficient (Wildman–Crippen LogP) is 4.30. The van der Waals surface area contributed by atoms with E-state index < -0.39 is 29.1 Å². The summed E-state index contributed by atoms with van der Waals surface area (Å²) >= 11 is 6.04. The molecule has 0 radical (unpaired) electrons. The van der Waals surface area contributed by atoms with E-state index in [0.29, 0.717) is 55.9 Å². The first-order chi connectivity index (χ1) is 19.3. The van der Waals surface area contributed by atoms with E-state index >= 15 is 0 Å². The molecule has 3 aliphatic heterocycles. The number of halogens is 1. The Morgan fingerprint density at radius 3 is 2.45 bits per heavy atom. The third-order valence-corrected chi connectivity index (χ3v) is 9.19. The monoisotopic (exact) mass is 567 g/mol. The number of amides is 3. The molecule has 3 aliphatic rings. The Bertz CT molecular complexity index is 1230. The maximum absolute atomic E-state index is 14.2. The Hall–Kier alpha value is -2.94. The Morgan fingerprint density at radius 1 is 1.02 bits per heavy atom. The van der Waals surface area contributed by atoms with Crippen molar-refractivity contribution in [2.75, 3.05) is 18.5 Å². The average molecular weight is 568 g/mol. The second-order valence-corrected chi connectivity index (χ2v) is 11.6. The van der Waals surface area contributed by atoms with Gasteiger partial charge in [0.1, 0.15) is 11.6 Å². The molecule has 214 valence electrons. The highest BCUT2D eigenvalue weighted by molar-refractivity contribution is 6.30. The molecule has 3 amide bonds. The molecule has 0 aliphatic carbocycles. The number of ether oxygens (including phenoxy) is 1. The van der Waals surface area contributed by atoms with Crippen molar-refractivity contribution >= 4 is 35.0 Å². The summed E-state index contributed by atoms with van der Waals surface area (Å²) in [6.07, 6.45) is 4.80. The average Bonchev–Trinajstić information content (AvgIpc) is 3.57. The zero-order chi connectivity index (χ0) is 28.3. The highest BCUT2D eigenvalue weighted by Gasteiger charge is 2.78. The zero-order valence-electron chi connectivity index (χ0n) is 22.9. The smallest absolute Gasteiger partial charge is 0.250 e. The van der Waals surface area contributed by atoms with Crippen molar-refractivity contribution in [1.82, 2.24) is 10.2 Å². The van der Waals surface area contributed by atoms with E-state index in [2.05, 4.69) is 10.6 Å². The van der Waals surface area contributed by atoms with Crippen LogP contribution in [0.5, 0.6) is 0 Å². The van der Waals surface area contributed by atoms with E-state index in [9.17, 15) is 14.4 Å². The largest absolute Gasteiger partial charge is 0.396 e. The Morgan fingerprint density at radius 2 is 1.75 bits per heavy atom. The summed E-state index contributed by atoms with van der Waals surface area (Å²) in [5.74, 6) is -2.10. The SMILES string of the molecule is CC[C@@]12CCC3(O1)C(C(=O)Nc1ccc(Cl)cc1)N(CCCCCCO)C(=O)[C@@H]3[C@@H]2C(=O)NCc1ccccc1. The number of hydrogen-bond acceptors (Lipinski definition) is 5. The number of carbonyl (C=O) groups is 3. The summed E-state index contributed by atoms with van der Waals surface area (Å²) in [6, 6.07) is 15.7. The molecule has 5 rings (SSSR count). The van der Waals surface area contributed by atoms with Gasteiger partial charge >= 0.3 is 0 Å². The lowest BCUT2D eigenvalue weighted by atomic mass is 9.65. The van der Waals surface area contributed by atoms with E-state index in [-0.39, 0.29) is 24.3 Å². The van der Waals surface area contributed by atoms with Crippen LogP contribution in [0.15, 0.2) is 54.6 Å². The number of anilines is 1. The summed E-state index contributed by atoms with van der Waals surface area (Å²) in [6.45, 7) is 2.87. The Kier molecular flexibility index (Phi) is 8.50. The van der Waals surface area contributed by atoms with Crippen molar-refractivity contribution in [1.29, 1.82) is 0 Å². The van der Waals surface area contributed by atoms with Gasteiger partial charge in [-0.1, -0.05) is 61.7 Å². The standard InChI is InChI=1S/C31H38ClN3O5/c1-2-30-16-17-31(40-30)25(24(30)27(37)33-20-21-10-6-5-7-11-21)29(39)35(18-8-3-4-9-19-36)26(31)28(38)34-23-14-12-22(32)13-15-23/h5-7,10-15,24-26,36H,2-4,8-9,16-20H2,1H3,(H,33,37)(H,34,38)/t24-,25+,26?,30+,31?/m1/s1. The van der Waals surface area contributed by atoms with Crippen molar-refractivity contribution in [3.8, 4) is 0 Å². The topological polar surface area (TPSA) is 108 Å². The van der Waals surface area contributed by atoms with Crippen molar-refractivity contribution in [2.24, 2.45) is 11.8 Å². The first-order valence-electron chi connectivity index (χ1n) is 14.3. The lowest BCUT2D eigenvalue weighted by molar-refractivity contribution is -0.146. The molecule has 2 aromatic carbocycles. The normalized spacial score (nSPS) is 28.5. The Balaban J connectivity index is 1.43. The quantitative estimate of drug-likeness (QED) is 0.331. The molecule has 8 nitrogen and oxygen atoms in total. The minimum absolute atomic E-state index is 0.132. The van der Waals surface area contributed by atoms with Gasteiger partial charge in [-0.3, -0.25) is 14.4 Å². The molecule has 3 heterocycles. The number of likely N-dealkylation sites (tertiary alicyclic amines) is 1. The second kappa shape index (κ2) is 11.9. The molecule has 0 saturated carbocycles. The Labute approximate surface area is 240 Å². The van der Waals surface area contributed by atoms with Crippen LogP contribution in [-0.2, 0) is 25.7 Å². The molecule has 3 saturated heterocycles. The van der Waals surface area contributed by atoms with Gasteiger partial charge in [0, 0.05) is 30.4 Å². The molecule has 1 spiro atoms. The number of fused-ring (bicyclic) bond motifs is 1. The maximum atomic E-state index is 14.2. The molecule has 3 N–H and O–H groups in total. The molecule has 2 aromatic rings. The molecule has 0 aromatic heterocycles. The van der Waals surface area contributed by atoms with Crippen LogP contribution in [0.1, 0.15) is 57.4 Å². The van der Waals surface area contributed by atoms with Gasteiger partial charge in [0.05, 0.1) is 17.4 Å². The molecule has 3 fully saturated rings. The zero-order valence-corrected chi connectivity index (χ0v) is 23.7. The number of rotatable bonds is 12. The number of carbonyl (C=O) groups excluding carboxylic acids is 3. The van der Waals surface area contributed by atoms with Gasteiger partial charge in [-0.05, 0) is 61.9 Å². The maximum Gasteiger partial charge on any atom is 0.250 e. The highest BCUT2D eigenvalue weighted by Crippen LogP contribution is 2.64. The number of hydrogen-bond donors (Lipinski definition) is 3. The van der Waals surface area contributed by atoms with Crippen molar-refractivity contribution in [2.45, 2.75) is 75.7 Å². The number of aliphatic hydroxyl groups excluding tert-OH is 1. The van der Waals surface area contributed by atoms with Crippen LogP contribution < -0.4 is 10.6 Å². The fourth-order valence-electron chi connectivity index (χ4n) is 7.04. The first-order valence-corrected chi connectivity index (χ1v) is 14.7. The highest BCUT2D eigenvalue weighted by atomic mass is 35.5. The molecule has 2 bridgehead atoms. The lowest BCUT2D eigenvalue weighted by Crippen LogP contribution is -2.53. The third-order valence-electron chi connectivity index (χ3n) is 8.94. The summed E-state index contributed by atoms with van der Waals surface area (Å²) in [5.41, 5.74) is -0.293. The summed E-state index contributed by atoms with van der Waals surface area (Å²) < 4.78 is 6.80. The predicted molar refractivity (Wildman–Crippen MR) is 152 cm³/mol. The van der Waals surface area contributed by atoms with E-state index in [0.717, 1.165) is 18.4 Å². The number of unbranched alkanes of at least 4 members (excludes halogenated alkanes) is 3. The van der Waals surface area contributed by atoms with E-state index in [1.807, 2.05) is 37.3 Å². The van der Waals surface area contributed by atoms with Crippen LogP contribution in [0.2, 0.25) is 5.02 Å². The van der Waals surface area contributed by atoms with Crippen LogP contribution in [-0.4, -0.2) is 58.1 Å².